The first kappa shape index (κ1) is 14.2. The van der Waals surface area contributed by atoms with E-state index in [1.165, 1.54) is 0 Å². The third kappa shape index (κ3) is 4.88. The predicted molar refractivity (Wildman–Crippen MR) is 72.9 cm³/mol. The van der Waals surface area contributed by atoms with Crippen LogP contribution in [-0.2, 0) is 0 Å². The van der Waals surface area contributed by atoms with Crippen LogP contribution in [0, 0.1) is 5.92 Å². The lowest BCUT2D eigenvalue weighted by atomic mass is 10.00. The van der Waals surface area contributed by atoms with Crippen molar-refractivity contribution >= 4 is 0 Å². The maximum Gasteiger partial charge on any atom is 0.0942 e. The molecule has 0 aromatic heterocycles. The molecule has 0 bridgehead atoms. The van der Waals surface area contributed by atoms with Crippen LogP contribution in [0.2, 0.25) is 0 Å². The SMILES string of the molecule is CCC(NCCC(C)C)C(O)c1ccccc1. The first-order chi connectivity index (χ1) is 8.15. The molecule has 0 saturated heterocycles. The lowest BCUT2D eigenvalue weighted by Gasteiger charge is -2.23. The normalized spacial score (nSPS) is 14.9. The minimum atomic E-state index is -0.409. The fourth-order valence-electron chi connectivity index (χ4n) is 1.92. The molecule has 17 heavy (non-hydrogen) atoms. The first-order valence-corrected chi connectivity index (χ1v) is 6.61. The Hall–Kier alpha value is -0.860. The highest BCUT2D eigenvalue weighted by Crippen LogP contribution is 2.18. The monoisotopic (exact) mass is 235 g/mol. The van der Waals surface area contributed by atoms with Crippen LogP contribution >= 0.6 is 0 Å². The highest BCUT2D eigenvalue weighted by molar-refractivity contribution is 5.18. The van der Waals surface area contributed by atoms with E-state index in [9.17, 15) is 5.11 Å². The van der Waals surface area contributed by atoms with Gasteiger partial charge in [-0.1, -0.05) is 51.1 Å². The van der Waals surface area contributed by atoms with Gasteiger partial charge in [0.1, 0.15) is 0 Å². The van der Waals surface area contributed by atoms with Gasteiger partial charge in [0.25, 0.3) is 0 Å². The minimum Gasteiger partial charge on any atom is -0.387 e. The molecule has 2 N–H and O–H groups in total. The highest BCUT2D eigenvalue weighted by atomic mass is 16.3. The summed E-state index contributed by atoms with van der Waals surface area (Å²) in [5, 5.41) is 13.7. The molecular weight excluding hydrogens is 210 g/mol. The van der Waals surface area contributed by atoms with Gasteiger partial charge in [0, 0.05) is 6.04 Å². The van der Waals surface area contributed by atoms with Gasteiger partial charge in [0.15, 0.2) is 0 Å². The van der Waals surface area contributed by atoms with Gasteiger partial charge < -0.3 is 10.4 Å². The zero-order chi connectivity index (χ0) is 12.7. The molecular formula is C15H25NO. The van der Waals surface area contributed by atoms with Crippen LogP contribution in [0.1, 0.15) is 45.3 Å². The average Bonchev–Trinajstić information content (AvgIpc) is 2.34. The molecule has 2 atom stereocenters. The molecule has 0 spiro atoms. The zero-order valence-corrected chi connectivity index (χ0v) is 11.2. The van der Waals surface area contributed by atoms with E-state index in [-0.39, 0.29) is 6.04 Å². The molecule has 0 heterocycles. The van der Waals surface area contributed by atoms with Gasteiger partial charge in [-0.05, 0) is 30.9 Å². The van der Waals surface area contributed by atoms with E-state index >= 15 is 0 Å². The Morgan fingerprint density at radius 1 is 1.18 bits per heavy atom. The smallest absolute Gasteiger partial charge is 0.0942 e. The molecule has 0 saturated carbocycles. The van der Waals surface area contributed by atoms with Crippen LogP contribution in [-0.4, -0.2) is 17.7 Å². The third-order valence-corrected chi connectivity index (χ3v) is 3.09. The molecule has 1 aromatic rings. The summed E-state index contributed by atoms with van der Waals surface area (Å²) in [5.41, 5.74) is 0.997. The Morgan fingerprint density at radius 3 is 2.35 bits per heavy atom. The van der Waals surface area contributed by atoms with Crippen LogP contribution in [0.3, 0.4) is 0 Å². The van der Waals surface area contributed by atoms with E-state index in [0.29, 0.717) is 5.92 Å². The van der Waals surface area contributed by atoms with Gasteiger partial charge >= 0.3 is 0 Å². The molecule has 0 aliphatic carbocycles. The van der Waals surface area contributed by atoms with Crippen molar-refractivity contribution in [3.63, 3.8) is 0 Å². The number of nitrogens with one attached hydrogen (secondary N) is 1. The molecule has 2 unspecified atom stereocenters. The maximum atomic E-state index is 10.3. The lowest BCUT2D eigenvalue weighted by Crippen LogP contribution is -2.35. The molecule has 0 aliphatic rings. The second kappa shape index (κ2) is 7.46. The summed E-state index contributed by atoms with van der Waals surface area (Å²) in [7, 11) is 0. The van der Waals surface area contributed by atoms with Gasteiger partial charge in [-0.3, -0.25) is 0 Å². The quantitative estimate of drug-likeness (QED) is 0.761. The molecule has 0 fully saturated rings. The number of hydrogen-bond donors (Lipinski definition) is 2. The lowest BCUT2D eigenvalue weighted by molar-refractivity contribution is 0.125. The van der Waals surface area contributed by atoms with E-state index in [2.05, 4.69) is 26.1 Å². The fraction of sp³-hybridized carbons (Fsp3) is 0.600. The van der Waals surface area contributed by atoms with Gasteiger partial charge in [-0.25, -0.2) is 0 Å². The topological polar surface area (TPSA) is 32.3 Å². The Bertz CT molecular complexity index is 297. The van der Waals surface area contributed by atoms with E-state index in [0.717, 1.165) is 24.9 Å². The predicted octanol–water partition coefficient (Wildman–Crippen LogP) is 3.13. The van der Waals surface area contributed by atoms with Crippen molar-refractivity contribution in [2.45, 2.75) is 45.8 Å². The number of benzene rings is 1. The Labute approximate surface area is 105 Å². The Kier molecular flexibility index (Phi) is 6.23. The Balaban J connectivity index is 2.49. The van der Waals surface area contributed by atoms with Crippen molar-refractivity contribution in [3.05, 3.63) is 35.9 Å². The second-order valence-electron chi connectivity index (χ2n) is 5.01. The molecule has 0 aliphatic heterocycles. The molecule has 0 amide bonds. The zero-order valence-electron chi connectivity index (χ0n) is 11.2. The molecule has 2 heteroatoms. The van der Waals surface area contributed by atoms with E-state index in [1.54, 1.807) is 0 Å². The third-order valence-electron chi connectivity index (χ3n) is 3.09. The summed E-state index contributed by atoms with van der Waals surface area (Å²) in [6, 6.07) is 10.0. The molecule has 1 rings (SSSR count). The summed E-state index contributed by atoms with van der Waals surface area (Å²) in [6.45, 7) is 7.52. The second-order valence-corrected chi connectivity index (χ2v) is 5.01. The van der Waals surface area contributed by atoms with Gasteiger partial charge in [-0.15, -0.1) is 0 Å². The maximum absolute atomic E-state index is 10.3. The minimum absolute atomic E-state index is 0.149. The first-order valence-electron chi connectivity index (χ1n) is 6.61. The number of aliphatic hydroxyl groups is 1. The van der Waals surface area contributed by atoms with Crippen LogP contribution < -0.4 is 5.32 Å². The fourth-order valence-corrected chi connectivity index (χ4v) is 1.92. The van der Waals surface area contributed by atoms with Crippen LogP contribution in [0.15, 0.2) is 30.3 Å². The average molecular weight is 235 g/mol. The van der Waals surface area contributed by atoms with Crippen molar-refractivity contribution in [1.82, 2.24) is 5.32 Å². The van der Waals surface area contributed by atoms with Crippen LogP contribution in [0.25, 0.3) is 0 Å². The Morgan fingerprint density at radius 2 is 1.82 bits per heavy atom. The van der Waals surface area contributed by atoms with Crippen molar-refractivity contribution in [1.29, 1.82) is 0 Å². The van der Waals surface area contributed by atoms with Crippen LogP contribution in [0.4, 0.5) is 0 Å². The molecule has 96 valence electrons. The largest absolute Gasteiger partial charge is 0.387 e. The van der Waals surface area contributed by atoms with Crippen molar-refractivity contribution in [3.8, 4) is 0 Å². The van der Waals surface area contributed by atoms with E-state index in [1.807, 2.05) is 30.3 Å². The van der Waals surface area contributed by atoms with Crippen molar-refractivity contribution < 1.29 is 5.11 Å². The number of aliphatic hydroxyl groups excluding tert-OH is 1. The van der Waals surface area contributed by atoms with Gasteiger partial charge in [0.05, 0.1) is 6.10 Å². The van der Waals surface area contributed by atoms with Gasteiger partial charge in [-0.2, -0.15) is 0 Å². The van der Waals surface area contributed by atoms with Crippen molar-refractivity contribution in [2.75, 3.05) is 6.54 Å². The summed E-state index contributed by atoms with van der Waals surface area (Å²) in [6.07, 6.45) is 1.68. The van der Waals surface area contributed by atoms with Crippen LogP contribution in [0.5, 0.6) is 0 Å². The standard InChI is InChI=1S/C15H25NO/c1-4-14(16-11-10-12(2)3)15(17)13-8-6-5-7-9-13/h5-9,12,14-17H,4,10-11H2,1-3H3. The molecule has 2 nitrogen and oxygen atoms in total. The summed E-state index contributed by atoms with van der Waals surface area (Å²) >= 11 is 0. The number of hydrogen-bond acceptors (Lipinski definition) is 2. The van der Waals surface area contributed by atoms with E-state index < -0.39 is 6.10 Å². The summed E-state index contributed by atoms with van der Waals surface area (Å²) in [5.74, 6) is 0.703. The summed E-state index contributed by atoms with van der Waals surface area (Å²) < 4.78 is 0. The molecule has 0 radical (unpaired) electrons. The molecule has 1 aromatic carbocycles. The van der Waals surface area contributed by atoms with Crippen molar-refractivity contribution in [2.24, 2.45) is 5.92 Å². The van der Waals surface area contributed by atoms with E-state index in [4.69, 9.17) is 0 Å². The van der Waals surface area contributed by atoms with Gasteiger partial charge in [0.2, 0.25) is 0 Å². The number of rotatable bonds is 7. The highest BCUT2D eigenvalue weighted by Gasteiger charge is 2.18. The summed E-state index contributed by atoms with van der Waals surface area (Å²) in [4.78, 5) is 0.